The average Bonchev–Trinajstić information content (AvgIpc) is 2.83. The topological polar surface area (TPSA) is 55.6 Å². The molecule has 2 heterocycles. The number of aryl methyl sites for hydroxylation is 1. The smallest absolute Gasteiger partial charge is 0.202 e. The first-order valence-electron chi connectivity index (χ1n) is 4.85. The van der Waals surface area contributed by atoms with E-state index in [0.717, 1.165) is 29.6 Å². The van der Waals surface area contributed by atoms with Crippen molar-refractivity contribution in [3.8, 4) is 11.5 Å². The summed E-state index contributed by atoms with van der Waals surface area (Å²) in [5, 5.41) is 4.08. The average molecular weight is 223 g/mol. The molecule has 0 atom stereocenters. The summed E-state index contributed by atoms with van der Waals surface area (Å²) in [6, 6.07) is 0. The van der Waals surface area contributed by atoms with Gasteiger partial charge >= 0.3 is 0 Å². The summed E-state index contributed by atoms with van der Waals surface area (Å²) < 4.78 is 6.19. The Balaban J connectivity index is 2.17. The number of aromatic nitrogens is 4. The fraction of sp³-hybridized carbons (Fsp3) is 0.444. The Morgan fingerprint density at radius 3 is 3.07 bits per heavy atom. The lowest BCUT2D eigenvalue weighted by Gasteiger charge is -1.96. The van der Waals surface area contributed by atoms with Crippen molar-refractivity contribution >= 4 is 16.7 Å². The maximum Gasteiger partial charge on any atom is 0.202 e. The zero-order chi connectivity index (χ0) is 10.7. The predicted octanol–water partition coefficient (Wildman–Crippen LogP) is 1.76. The van der Waals surface area contributed by atoms with Crippen LogP contribution in [0.2, 0.25) is 0 Å². The fourth-order valence-corrected chi connectivity index (χ4v) is 1.81. The van der Waals surface area contributed by atoms with Crippen LogP contribution in [-0.2, 0) is 7.05 Å². The first-order valence-corrected chi connectivity index (χ1v) is 5.63. The van der Waals surface area contributed by atoms with Gasteiger partial charge in [0.2, 0.25) is 5.13 Å². The van der Waals surface area contributed by atoms with E-state index in [4.69, 9.17) is 0 Å². The monoisotopic (exact) mass is 223 g/mol. The molecule has 2 aromatic rings. The van der Waals surface area contributed by atoms with Gasteiger partial charge in [0, 0.05) is 25.1 Å². The van der Waals surface area contributed by atoms with E-state index < -0.39 is 0 Å². The van der Waals surface area contributed by atoms with Gasteiger partial charge in [-0.1, -0.05) is 6.92 Å². The van der Waals surface area contributed by atoms with Crippen molar-refractivity contribution in [2.45, 2.75) is 13.3 Å². The zero-order valence-electron chi connectivity index (χ0n) is 8.77. The van der Waals surface area contributed by atoms with E-state index in [0.29, 0.717) is 0 Å². The Bertz CT molecular complexity index is 433. The second kappa shape index (κ2) is 4.39. The van der Waals surface area contributed by atoms with Crippen molar-refractivity contribution in [2.24, 2.45) is 7.05 Å². The van der Waals surface area contributed by atoms with Crippen LogP contribution in [-0.4, -0.2) is 25.5 Å². The third kappa shape index (κ3) is 2.15. The molecule has 80 valence electrons. The highest BCUT2D eigenvalue weighted by Gasteiger charge is 2.08. The Kier molecular flexibility index (Phi) is 2.96. The molecule has 5 nitrogen and oxygen atoms in total. The molecule has 0 aromatic carbocycles. The van der Waals surface area contributed by atoms with Crippen molar-refractivity contribution in [3.63, 3.8) is 0 Å². The van der Waals surface area contributed by atoms with Gasteiger partial charge in [0.05, 0.1) is 12.5 Å². The molecule has 0 bridgehead atoms. The highest BCUT2D eigenvalue weighted by atomic mass is 32.1. The van der Waals surface area contributed by atoms with E-state index in [9.17, 15) is 0 Å². The number of hydrogen-bond donors (Lipinski definition) is 1. The van der Waals surface area contributed by atoms with E-state index in [1.807, 2.05) is 11.6 Å². The summed E-state index contributed by atoms with van der Waals surface area (Å²) in [6.45, 7) is 3.05. The highest BCUT2D eigenvalue weighted by Crippen LogP contribution is 2.19. The Hall–Kier alpha value is -1.43. The molecule has 0 aliphatic rings. The minimum atomic E-state index is 0.735. The van der Waals surface area contributed by atoms with Crippen LogP contribution in [0.5, 0.6) is 0 Å². The number of imidazole rings is 1. The number of nitrogens with one attached hydrogen (secondary N) is 1. The lowest BCUT2D eigenvalue weighted by Crippen LogP contribution is -1.98. The van der Waals surface area contributed by atoms with Crippen LogP contribution >= 0.6 is 11.5 Å². The summed E-state index contributed by atoms with van der Waals surface area (Å²) in [5.74, 6) is 0.735. The molecule has 0 aliphatic heterocycles. The fourth-order valence-electron chi connectivity index (χ4n) is 1.20. The van der Waals surface area contributed by atoms with Gasteiger partial charge in [-0.3, -0.25) is 0 Å². The van der Waals surface area contributed by atoms with Crippen LogP contribution in [0.1, 0.15) is 13.3 Å². The molecule has 2 rings (SSSR count). The van der Waals surface area contributed by atoms with Crippen LogP contribution < -0.4 is 5.32 Å². The van der Waals surface area contributed by atoms with E-state index in [1.54, 1.807) is 12.5 Å². The van der Waals surface area contributed by atoms with Gasteiger partial charge in [-0.05, 0) is 6.42 Å². The van der Waals surface area contributed by atoms with Crippen molar-refractivity contribution in [2.75, 3.05) is 11.9 Å². The maximum atomic E-state index is 4.39. The second-order valence-corrected chi connectivity index (χ2v) is 3.99. The number of anilines is 1. The van der Waals surface area contributed by atoms with Crippen molar-refractivity contribution in [1.82, 2.24) is 18.9 Å². The van der Waals surface area contributed by atoms with E-state index in [-0.39, 0.29) is 0 Å². The van der Waals surface area contributed by atoms with Gasteiger partial charge in [0.1, 0.15) is 5.69 Å². The van der Waals surface area contributed by atoms with E-state index in [2.05, 4.69) is 26.6 Å². The summed E-state index contributed by atoms with van der Waals surface area (Å²) >= 11 is 1.38. The molecule has 15 heavy (non-hydrogen) atoms. The molecule has 0 fully saturated rings. The first kappa shape index (κ1) is 10.1. The van der Waals surface area contributed by atoms with Gasteiger partial charge < -0.3 is 9.88 Å². The summed E-state index contributed by atoms with van der Waals surface area (Å²) in [7, 11) is 1.93. The number of nitrogens with zero attached hydrogens (tertiary/aromatic N) is 4. The number of rotatable bonds is 4. The van der Waals surface area contributed by atoms with Gasteiger partial charge in [0.15, 0.2) is 5.82 Å². The Labute approximate surface area is 92.4 Å². The second-order valence-electron chi connectivity index (χ2n) is 3.24. The van der Waals surface area contributed by atoms with Crippen molar-refractivity contribution in [1.29, 1.82) is 0 Å². The lowest BCUT2D eigenvalue weighted by atomic mass is 10.4. The highest BCUT2D eigenvalue weighted by molar-refractivity contribution is 7.09. The largest absolute Gasteiger partial charge is 0.360 e. The molecular weight excluding hydrogens is 210 g/mol. The summed E-state index contributed by atoms with van der Waals surface area (Å²) in [5.41, 5.74) is 0.941. The lowest BCUT2D eigenvalue weighted by molar-refractivity contribution is 0.912. The van der Waals surface area contributed by atoms with Gasteiger partial charge in [0.25, 0.3) is 0 Å². The summed E-state index contributed by atoms with van der Waals surface area (Å²) in [6.07, 6.45) is 4.60. The third-order valence-electron chi connectivity index (χ3n) is 2.00. The molecule has 0 amide bonds. The third-order valence-corrected chi connectivity index (χ3v) is 2.67. The minimum Gasteiger partial charge on any atom is -0.360 e. The van der Waals surface area contributed by atoms with E-state index in [1.165, 1.54) is 11.5 Å². The molecule has 0 unspecified atom stereocenters. The van der Waals surface area contributed by atoms with Crippen molar-refractivity contribution < 1.29 is 0 Å². The molecule has 0 radical (unpaired) electrons. The molecule has 6 heteroatoms. The van der Waals surface area contributed by atoms with Gasteiger partial charge in [-0.15, -0.1) is 0 Å². The minimum absolute atomic E-state index is 0.735. The normalized spacial score (nSPS) is 10.5. The van der Waals surface area contributed by atoms with E-state index >= 15 is 0 Å². The van der Waals surface area contributed by atoms with Crippen LogP contribution in [0.3, 0.4) is 0 Å². The van der Waals surface area contributed by atoms with Crippen LogP contribution in [0.15, 0.2) is 12.5 Å². The van der Waals surface area contributed by atoms with Crippen molar-refractivity contribution in [3.05, 3.63) is 12.5 Å². The van der Waals surface area contributed by atoms with Crippen LogP contribution in [0.25, 0.3) is 11.5 Å². The van der Waals surface area contributed by atoms with Gasteiger partial charge in [-0.2, -0.15) is 9.36 Å². The molecule has 0 aliphatic carbocycles. The molecular formula is C9H13N5S. The first-order chi connectivity index (χ1) is 7.31. The summed E-state index contributed by atoms with van der Waals surface area (Å²) in [4.78, 5) is 8.42. The number of hydrogen-bond acceptors (Lipinski definition) is 5. The SMILES string of the molecule is CCCNc1nc(-c2cncn2C)ns1. The molecule has 0 saturated heterocycles. The Morgan fingerprint density at radius 2 is 2.40 bits per heavy atom. The van der Waals surface area contributed by atoms with Gasteiger partial charge in [-0.25, -0.2) is 4.98 Å². The molecule has 2 aromatic heterocycles. The molecule has 1 N–H and O–H groups in total. The quantitative estimate of drug-likeness (QED) is 0.858. The van der Waals surface area contributed by atoms with Crippen LogP contribution in [0, 0.1) is 0 Å². The van der Waals surface area contributed by atoms with Crippen LogP contribution in [0.4, 0.5) is 5.13 Å². The predicted molar refractivity (Wildman–Crippen MR) is 60.9 cm³/mol. The molecule has 0 saturated carbocycles. The Morgan fingerprint density at radius 1 is 1.53 bits per heavy atom. The molecule has 0 spiro atoms. The standard InChI is InChI=1S/C9H13N5S/c1-3-4-11-9-12-8(13-15-9)7-5-10-6-14(7)2/h5-6H,3-4H2,1-2H3,(H,11,12,13). The zero-order valence-corrected chi connectivity index (χ0v) is 9.58. The maximum absolute atomic E-state index is 4.39.